The fraction of sp³-hybridized carbons (Fsp3) is 0. The lowest BCUT2D eigenvalue weighted by molar-refractivity contribution is 0.458. The average Bonchev–Trinajstić information content (AvgIpc) is 2.23. The second kappa shape index (κ2) is 3.65. The number of aromatic nitrogens is 4. The lowest BCUT2D eigenvalue weighted by Crippen LogP contribution is -1.99. The van der Waals surface area contributed by atoms with E-state index in [1.165, 1.54) is 6.20 Å². The van der Waals surface area contributed by atoms with Crippen LogP contribution in [0.1, 0.15) is 0 Å². The molecule has 0 aliphatic heterocycles. The highest BCUT2D eigenvalue weighted by Gasteiger charge is 2.03. The van der Waals surface area contributed by atoms with Crippen LogP contribution in [-0.2, 0) is 0 Å². The van der Waals surface area contributed by atoms with E-state index in [9.17, 15) is 0 Å². The zero-order chi connectivity index (χ0) is 9.80. The molecule has 0 saturated carbocycles. The van der Waals surface area contributed by atoms with Gasteiger partial charge in [-0.3, -0.25) is 0 Å². The number of ether oxygens (including phenoxy) is 1. The minimum atomic E-state index is 0.186. The van der Waals surface area contributed by atoms with Gasteiger partial charge < -0.3 is 10.5 Å². The van der Waals surface area contributed by atoms with Crippen LogP contribution in [0.25, 0.3) is 0 Å². The zero-order valence-corrected chi connectivity index (χ0v) is 7.16. The van der Waals surface area contributed by atoms with E-state index >= 15 is 0 Å². The Bertz CT molecular complexity index is 419. The van der Waals surface area contributed by atoms with Crippen LogP contribution in [0.15, 0.2) is 30.6 Å². The van der Waals surface area contributed by atoms with E-state index in [2.05, 4.69) is 20.4 Å². The number of hydrogen-bond donors (Lipinski definition) is 1. The molecule has 0 fully saturated rings. The molecule has 0 saturated heterocycles. The van der Waals surface area contributed by atoms with E-state index in [1.54, 1.807) is 24.4 Å². The number of nitrogens with two attached hydrogens (primary N) is 1. The van der Waals surface area contributed by atoms with Gasteiger partial charge in [0.2, 0.25) is 5.88 Å². The third-order valence-corrected chi connectivity index (χ3v) is 1.48. The van der Waals surface area contributed by atoms with Crippen molar-refractivity contribution in [2.24, 2.45) is 0 Å². The van der Waals surface area contributed by atoms with Crippen molar-refractivity contribution in [3.05, 3.63) is 30.6 Å². The van der Waals surface area contributed by atoms with Crippen LogP contribution in [-0.4, -0.2) is 20.4 Å². The van der Waals surface area contributed by atoms with Crippen molar-refractivity contribution in [2.45, 2.75) is 0 Å². The Morgan fingerprint density at radius 1 is 1.29 bits per heavy atom. The molecule has 14 heavy (non-hydrogen) atoms. The van der Waals surface area contributed by atoms with Gasteiger partial charge in [-0.25, -0.2) is 4.98 Å². The summed E-state index contributed by atoms with van der Waals surface area (Å²) >= 11 is 0. The predicted molar refractivity (Wildman–Crippen MR) is 48.6 cm³/mol. The molecule has 0 bridgehead atoms. The van der Waals surface area contributed by atoms with Crippen LogP contribution >= 0.6 is 0 Å². The highest BCUT2D eigenvalue weighted by atomic mass is 16.5. The van der Waals surface area contributed by atoms with Gasteiger partial charge >= 0.3 is 0 Å². The van der Waals surface area contributed by atoms with Gasteiger partial charge in [0, 0.05) is 12.3 Å². The molecule has 70 valence electrons. The van der Waals surface area contributed by atoms with E-state index in [0.717, 1.165) is 0 Å². The van der Waals surface area contributed by atoms with Crippen molar-refractivity contribution < 1.29 is 4.74 Å². The van der Waals surface area contributed by atoms with E-state index < -0.39 is 0 Å². The maximum absolute atomic E-state index is 5.50. The number of anilines is 1. The molecule has 2 heterocycles. The van der Waals surface area contributed by atoms with Gasteiger partial charge in [0.05, 0.1) is 6.20 Å². The van der Waals surface area contributed by atoms with Gasteiger partial charge in [-0.1, -0.05) is 6.07 Å². The van der Waals surface area contributed by atoms with Gasteiger partial charge in [0.1, 0.15) is 0 Å². The number of nitrogens with zero attached hydrogens (tertiary/aromatic N) is 4. The molecule has 0 radical (unpaired) electrons. The number of nitrogen functional groups attached to an aromatic ring is 1. The van der Waals surface area contributed by atoms with E-state index in [1.807, 2.05) is 0 Å². The highest BCUT2D eigenvalue weighted by Crippen LogP contribution is 2.21. The third-order valence-electron chi connectivity index (χ3n) is 1.48. The largest absolute Gasteiger partial charge is 0.433 e. The van der Waals surface area contributed by atoms with Crippen LogP contribution in [0.4, 0.5) is 5.82 Å². The Hall–Kier alpha value is -2.24. The fourth-order valence-electron chi connectivity index (χ4n) is 0.866. The molecule has 6 heteroatoms. The lowest BCUT2D eigenvalue weighted by Gasteiger charge is -2.03. The van der Waals surface area contributed by atoms with Gasteiger partial charge in [0.25, 0.3) is 0 Å². The molecule has 2 N–H and O–H groups in total. The molecule has 6 nitrogen and oxygen atoms in total. The van der Waals surface area contributed by atoms with Crippen molar-refractivity contribution in [3.8, 4) is 11.6 Å². The summed E-state index contributed by atoms with van der Waals surface area (Å²) in [7, 11) is 0. The normalized spacial score (nSPS) is 9.71. The molecular weight excluding hydrogens is 182 g/mol. The van der Waals surface area contributed by atoms with Crippen molar-refractivity contribution in [1.29, 1.82) is 0 Å². The summed E-state index contributed by atoms with van der Waals surface area (Å²) in [5.41, 5.74) is 5.50. The van der Waals surface area contributed by atoms with Crippen molar-refractivity contribution in [2.75, 3.05) is 5.73 Å². The SMILES string of the molecule is Nc1nnncc1Oc1ccccn1. The second-order valence-electron chi connectivity index (χ2n) is 2.45. The average molecular weight is 189 g/mol. The molecule has 0 unspecified atom stereocenters. The molecule has 2 aromatic rings. The number of pyridine rings is 1. The molecule has 0 aliphatic rings. The Morgan fingerprint density at radius 3 is 2.93 bits per heavy atom. The highest BCUT2D eigenvalue weighted by molar-refractivity contribution is 5.43. The quantitative estimate of drug-likeness (QED) is 0.745. The molecular formula is C8H7N5O. The van der Waals surface area contributed by atoms with Crippen LogP contribution in [0.2, 0.25) is 0 Å². The van der Waals surface area contributed by atoms with Gasteiger partial charge in [-0.05, 0) is 11.3 Å². The first-order chi connectivity index (χ1) is 6.86. The summed E-state index contributed by atoms with van der Waals surface area (Å²) in [6.45, 7) is 0. The van der Waals surface area contributed by atoms with Gasteiger partial charge in [-0.15, -0.1) is 10.2 Å². The Labute approximate surface area is 79.8 Å². The van der Waals surface area contributed by atoms with Crippen LogP contribution < -0.4 is 10.5 Å². The molecule has 0 amide bonds. The summed E-state index contributed by atoms with van der Waals surface area (Å²) < 4.78 is 5.31. The summed E-state index contributed by atoms with van der Waals surface area (Å²) in [5.74, 6) is 0.971. The van der Waals surface area contributed by atoms with E-state index in [4.69, 9.17) is 10.5 Å². The molecule has 2 rings (SSSR count). The topological polar surface area (TPSA) is 86.8 Å². The maximum Gasteiger partial charge on any atom is 0.219 e. The number of hydrogen-bond acceptors (Lipinski definition) is 6. The third kappa shape index (κ3) is 1.74. The summed E-state index contributed by atoms with van der Waals surface area (Å²) in [4.78, 5) is 3.96. The molecule has 0 aromatic carbocycles. The molecule has 0 spiro atoms. The standard InChI is InChI=1S/C8H7N5O/c9-8-6(5-11-13-12-8)14-7-3-1-2-4-10-7/h1-5H,(H2,9,11,12). The zero-order valence-electron chi connectivity index (χ0n) is 7.16. The molecule has 0 aliphatic carbocycles. The van der Waals surface area contributed by atoms with Crippen LogP contribution in [0.3, 0.4) is 0 Å². The van der Waals surface area contributed by atoms with E-state index in [0.29, 0.717) is 11.6 Å². The number of rotatable bonds is 2. The van der Waals surface area contributed by atoms with Crippen molar-refractivity contribution in [3.63, 3.8) is 0 Å². The monoisotopic (exact) mass is 189 g/mol. The first-order valence-electron chi connectivity index (χ1n) is 3.89. The van der Waals surface area contributed by atoms with Crippen LogP contribution in [0.5, 0.6) is 11.6 Å². The maximum atomic E-state index is 5.50. The second-order valence-corrected chi connectivity index (χ2v) is 2.45. The minimum absolute atomic E-state index is 0.186. The summed E-state index contributed by atoms with van der Waals surface area (Å²) in [6, 6.07) is 5.31. The lowest BCUT2D eigenvalue weighted by atomic mass is 10.5. The fourth-order valence-corrected chi connectivity index (χ4v) is 0.866. The first-order valence-corrected chi connectivity index (χ1v) is 3.89. The Balaban J connectivity index is 2.24. The van der Waals surface area contributed by atoms with Crippen molar-refractivity contribution >= 4 is 5.82 Å². The van der Waals surface area contributed by atoms with E-state index in [-0.39, 0.29) is 5.82 Å². The van der Waals surface area contributed by atoms with Gasteiger partial charge in [-0.2, -0.15) is 0 Å². The summed E-state index contributed by atoms with van der Waals surface area (Å²) in [5, 5.41) is 10.4. The Morgan fingerprint density at radius 2 is 2.21 bits per heavy atom. The van der Waals surface area contributed by atoms with Crippen LogP contribution in [0, 0.1) is 0 Å². The smallest absolute Gasteiger partial charge is 0.219 e. The molecule has 2 aromatic heterocycles. The van der Waals surface area contributed by atoms with Gasteiger partial charge in [0.15, 0.2) is 11.6 Å². The first kappa shape index (κ1) is 8.36. The Kier molecular flexibility index (Phi) is 2.18. The van der Waals surface area contributed by atoms with Crippen molar-refractivity contribution in [1.82, 2.24) is 20.4 Å². The summed E-state index contributed by atoms with van der Waals surface area (Å²) in [6.07, 6.45) is 3.00. The minimum Gasteiger partial charge on any atom is -0.433 e. The molecule has 0 atom stereocenters. The predicted octanol–water partition coefficient (Wildman–Crippen LogP) is 0.641.